The van der Waals surface area contributed by atoms with Crippen LogP contribution in [0.4, 0.5) is 10.1 Å². The molecule has 0 aliphatic carbocycles. The molecule has 2 aromatic carbocycles. The summed E-state index contributed by atoms with van der Waals surface area (Å²) in [6.07, 6.45) is 3.98. The molecule has 0 radical (unpaired) electrons. The third kappa shape index (κ3) is 3.32. The number of nitrogens with one attached hydrogen (secondary N) is 1. The maximum Gasteiger partial charge on any atom is 0.260 e. The fraction of sp³-hybridized carbons (Fsp3) is 0.280. The van der Waals surface area contributed by atoms with Crippen LogP contribution >= 0.6 is 0 Å². The summed E-state index contributed by atoms with van der Waals surface area (Å²) in [6.45, 7) is 5.51. The molecule has 0 aromatic heterocycles. The molecule has 2 amide bonds. The second kappa shape index (κ2) is 7.08. The SMILES string of the molecule is CC1(C)O/C(=C2/C(=O)Nc3cc(F)ccc32)C=C1c1ccc(C(=O)N2CCCC2)cc1. The summed E-state index contributed by atoms with van der Waals surface area (Å²) < 4.78 is 19.7. The summed E-state index contributed by atoms with van der Waals surface area (Å²) >= 11 is 0. The number of hydrogen-bond acceptors (Lipinski definition) is 3. The Bertz CT molecular complexity index is 1160. The molecule has 0 atom stereocenters. The summed E-state index contributed by atoms with van der Waals surface area (Å²) in [6, 6.07) is 11.8. The van der Waals surface area contributed by atoms with Crippen LogP contribution in [0, 0.1) is 5.82 Å². The zero-order chi connectivity index (χ0) is 21.8. The van der Waals surface area contributed by atoms with Gasteiger partial charge in [-0.2, -0.15) is 0 Å². The third-order valence-electron chi connectivity index (χ3n) is 6.10. The molecule has 2 aromatic rings. The second-order valence-electron chi connectivity index (χ2n) is 8.63. The standard InChI is InChI=1S/C25H23FN2O3/c1-25(2)19(15-5-7-16(8-6-15)24(30)28-11-3-4-12-28)14-21(31-25)22-18-10-9-17(26)13-20(18)27-23(22)29/h5-10,13-14H,3-4,11-12H2,1-2H3,(H,27,29)/b22-21+. The Labute approximate surface area is 180 Å². The van der Waals surface area contributed by atoms with Crippen molar-refractivity contribution < 1.29 is 18.7 Å². The molecule has 5 nitrogen and oxygen atoms in total. The first-order valence-corrected chi connectivity index (χ1v) is 10.5. The molecule has 1 saturated heterocycles. The van der Waals surface area contributed by atoms with Gasteiger partial charge in [0.1, 0.15) is 17.2 Å². The Morgan fingerprint density at radius 1 is 1.10 bits per heavy atom. The first-order chi connectivity index (χ1) is 14.8. The van der Waals surface area contributed by atoms with Crippen molar-refractivity contribution in [2.24, 2.45) is 0 Å². The molecule has 0 unspecified atom stereocenters. The first kappa shape index (κ1) is 19.5. The Kier molecular flexibility index (Phi) is 4.46. The van der Waals surface area contributed by atoms with Gasteiger partial charge in [0.25, 0.3) is 11.8 Å². The number of carbonyl (C=O) groups is 2. The molecule has 0 spiro atoms. The fourth-order valence-corrected chi connectivity index (χ4v) is 4.50. The summed E-state index contributed by atoms with van der Waals surface area (Å²) in [5, 5.41) is 2.71. The minimum Gasteiger partial charge on any atom is -0.482 e. The van der Waals surface area contributed by atoms with Crippen LogP contribution in [-0.2, 0) is 9.53 Å². The molecular weight excluding hydrogens is 395 g/mol. The second-order valence-corrected chi connectivity index (χ2v) is 8.63. The summed E-state index contributed by atoms with van der Waals surface area (Å²) in [5.74, 6) is -0.192. The highest BCUT2D eigenvalue weighted by Crippen LogP contribution is 2.44. The van der Waals surface area contributed by atoms with Gasteiger partial charge >= 0.3 is 0 Å². The van der Waals surface area contributed by atoms with E-state index in [4.69, 9.17) is 4.74 Å². The van der Waals surface area contributed by atoms with Crippen LogP contribution in [0.1, 0.15) is 48.2 Å². The highest BCUT2D eigenvalue weighted by Gasteiger charge is 2.38. The van der Waals surface area contributed by atoms with Crippen molar-refractivity contribution in [2.75, 3.05) is 18.4 Å². The summed E-state index contributed by atoms with van der Waals surface area (Å²) in [7, 11) is 0. The minimum atomic E-state index is -0.661. The van der Waals surface area contributed by atoms with E-state index in [-0.39, 0.29) is 11.8 Å². The molecule has 0 saturated carbocycles. The lowest BCUT2D eigenvalue weighted by Crippen LogP contribution is -2.27. The van der Waals surface area contributed by atoms with Crippen molar-refractivity contribution >= 4 is 28.6 Å². The topological polar surface area (TPSA) is 58.6 Å². The predicted octanol–water partition coefficient (Wildman–Crippen LogP) is 4.62. The average molecular weight is 418 g/mol. The van der Waals surface area contributed by atoms with E-state index < -0.39 is 11.4 Å². The lowest BCUT2D eigenvalue weighted by Gasteiger charge is -2.23. The van der Waals surface area contributed by atoms with Gasteiger partial charge in [-0.15, -0.1) is 0 Å². The number of likely N-dealkylation sites (tertiary alicyclic amines) is 1. The quantitative estimate of drug-likeness (QED) is 0.724. The van der Waals surface area contributed by atoms with Crippen molar-refractivity contribution in [3.63, 3.8) is 0 Å². The number of allylic oxidation sites excluding steroid dienone is 1. The molecule has 5 rings (SSSR count). The normalized spacial score (nSPS) is 21.6. The molecule has 3 aliphatic heterocycles. The lowest BCUT2D eigenvalue weighted by atomic mass is 9.91. The molecule has 0 bridgehead atoms. The maximum atomic E-state index is 13.6. The van der Waals surface area contributed by atoms with E-state index in [9.17, 15) is 14.0 Å². The molecule has 6 heteroatoms. The third-order valence-corrected chi connectivity index (χ3v) is 6.10. The van der Waals surface area contributed by atoms with Gasteiger partial charge in [-0.05, 0) is 68.7 Å². The van der Waals surface area contributed by atoms with Gasteiger partial charge < -0.3 is 15.0 Å². The van der Waals surface area contributed by atoms with E-state index in [1.165, 1.54) is 12.1 Å². The molecule has 3 heterocycles. The van der Waals surface area contributed by atoms with E-state index in [2.05, 4.69) is 5.32 Å². The molecule has 158 valence electrons. The number of fused-ring (bicyclic) bond motifs is 1. The number of anilines is 1. The van der Waals surface area contributed by atoms with Crippen LogP contribution in [0.2, 0.25) is 0 Å². The Hall–Kier alpha value is -3.41. The number of benzene rings is 2. The Morgan fingerprint density at radius 2 is 1.81 bits per heavy atom. The molecule has 31 heavy (non-hydrogen) atoms. The molecular formula is C25H23FN2O3. The highest BCUT2D eigenvalue weighted by molar-refractivity contribution is 6.32. The van der Waals surface area contributed by atoms with Gasteiger partial charge in [0.2, 0.25) is 0 Å². The van der Waals surface area contributed by atoms with Crippen LogP contribution in [-0.4, -0.2) is 35.4 Å². The van der Waals surface area contributed by atoms with Crippen molar-refractivity contribution in [3.8, 4) is 0 Å². The summed E-state index contributed by atoms with van der Waals surface area (Å²) in [5.41, 5.74) is 3.33. The van der Waals surface area contributed by atoms with Gasteiger partial charge in [-0.25, -0.2) is 4.39 Å². The summed E-state index contributed by atoms with van der Waals surface area (Å²) in [4.78, 5) is 27.1. The van der Waals surface area contributed by atoms with Crippen molar-refractivity contribution in [1.82, 2.24) is 4.90 Å². The van der Waals surface area contributed by atoms with E-state index >= 15 is 0 Å². The van der Waals surface area contributed by atoms with Gasteiger partial charge in [0.05, 0.1) is 11.3 Å². The number of nitrogens with zero attached hydrogens (tertiary/aromatic N) is 1. The number of halogens is 1. The fourth-order valence-electron chi connectivity index (χ4n) is 4.50. The van der Waals surface area contributed by atoms with E-state index in [1.54, 1.807) is 6.07 Å². The smallest absolute Gasteiger partial charge is 0.260 e. The molecule has 3 aliphatic rings. The lowest BCUT2D eigenvalue weighted by molar-refractivity contribution is -0.111. The van der Waals surface area contributed by atoms with Crippen molar-refractivity contribution in [3.05, 3.63) is 76.8 Å². The number of hydrogen-bond donors (Lipinski definition) is 1. The number of amides is 2. The van der Waals surface area contributed by atoms with Crippen LogP contribution in [0.25, 0.3) is 11.1 Å². The largest absolute Gasteiger partial charge is 0.482 e. The van der Waals surface area contributed by atoms with Gasteiger partial charge in [0.15, 0.2) is 0 Å². The predicted molar refractivity (Wildman–Crippen MR) is 117 cm³/mol. The Balaban J connectivity index is 1.50. The van der Waals surface area contributed by atoms with Gasteiger partial charge in [-0.1, -0.05) is 12.1 Å². The maximum absolute atomic E-state index is 13.6. The van der Waals surface area contributed by atoms with E-state index in [1.807, 2.05) is 49.1 Å². The number of carbonyl (C=O) groups excluding carboxylic acids is 2. The highest BCUT2D eigenvalue weighted by atomic mass is 19.1. The molecule has 1 N–H and O–H groups in total. The number of ether oxygens (including phenoxy) is 1. The van der Waals surface area contributed by atoms with Gasteiger partial charge in [0, 0.05) is 29.8 Å². The number of rotatable bonds is 2. The van der Waals surface area contributed by atoms with E-state index in [0.29, 0.717) is 28.1 Å². The van der Waals surface area contributed by atoms with Gasteiger partial charge in [-0.3, -0.25) is 9.59 Å². The van der Waals surface area contributed by atoms with Crippen LogP contribution in [0.15, 0.2) is 54.3 Å². The van der Waals surface area contributed by atoms with Crippen LogP contribution < -0.4 is 5.32 Å². The zero-order valence-electron chi connectivity index (χ0n) is 17.5. The van der Waals surface area contributed by atoms with Crippen LogP contribution in [0.5, 0.6) is 0 Å². The zero-order valence-corrected chi connectivity index (χ0v) is 17.5. The first-order valence-electron chi connectivity index (χ1n) is 10.5. The van der Waals surface area contributed by atoms with Crippen molar-refractivity contribution in [2.45, 2.75) is 32.3 Å². The molecule has 1 fully saturated rings. The monoisotopic (exact) mass is 418 g/mol. The average Bonchev–Trinajstić information content (AvgIpc) is 3.44. The minimum absolute atomic E-state index is 0.0641. The van der Waals surface area contributed by atoms with Crippen molar-refractivity contribution in [1.29, 1.82) is 0 Å². The van der Waals surface area contributed by atoms with Crippen LogP contribution in [0.3, 0.4) is 0 Å². The Morgan fingerprint density at radius 3 is 2.52 bits per heavy atom. The van der Waals surface area contributed by atoms with E-state index in [0.717, 1.165) is 37.1 Å².